The van der Waals surface area contributed by atoms with Gasteiger partial charge in [-0.3, -0.25) is 0 Å². The fourth-order valence-corrected chi connectivity index (χ4v) is 4.21. The molecule has 0 amide bonds. The molecule has 0 aromatic rings. The minimum atomic E-state index is 0.572. The van der Waals surface area contributed by atoms with Crippen LogP contribution < -0.4 is 0 Å². The van der Waals surface area contributed by atoms with Crippen LogP contribution in [0, 0.1) is 0 Å². The maximum absolute atomic E-state index is 2.64. The summed E-state index contributed by atoms with van der Waals surface area (Å²) in [5.41, 5.74) is 0. The van der Waals surface area contributed by atoms with Gasteiger partial charge in [0.15, 0.2) is 0 Å². The molecule has 0 saturated heterocycles. The summed E-state index contributed by atoms with van der Waals surface area (Å²) in [4.78, 5) is 3.22. The van der Waals surface area contributed by atoms with Gasteiger partial charge in [-0.1, -0.05) is 6.92 Å². The Morgan fingerprint density at radius 3 is 1.27 bits per heavy atom. The van der Waals surface area contributed by atoms with Crippen LogP contribution in [0.3, 0.4) is 0 Å². The average molecular weight is 189 g/mol. The summed E-state index contributed by atoms with van der Waals surface area (Å²) in [6.07, 6.45) is 0. The van der Waals surface area contributed by atoms with E-state index >= 15 is 0 Å². The van der Waals surface area contributed by atoms with Crippen LogP contribution in [0.15, 0.2) is 0 Å². The van der Waals surface area contributed by atoms with Gasteiger partial charge in [0.2, 0.25) is 0 Å². The fourth-order valence-electron chi connectivity index (χ4n) is 2.15. The van der Waals surface area contributed by atoms with E-state index < -0.39 is 0 Å². The molecule has 0 aromatic carbocycles. The Hall–Kier alpha value is 0.394. The van der Waals surface area contributed by atoms with E-state index in [4.69, 9.17) is 0 Å². The average Bonchev–Trinajstić information content (AvgIpc) is 1.54. The van der Waals surface area contributed by atoms with Crippen LogP contribution in [0.25, 0.3) is 0 Å². The summed E-state index contributed by atoms with van der Waals surface area (Å²) in [5.74, 6) is 0. The molecule has 0 aliphatic heterocycles. The van der Waals surface area contributed by atoms with E-state index in [1.165, 1.54) is 20.5 Å². The molecule has 0 fully saturated rings. The van der Waals surface area contributed by atoms with Crippen molar-refractivity contribution in [3.05, 3.63) is 0 Å². The number of rotatable bonds is 3. The van der Waals surface area contributed by atoms with Crippen molar-refractivity contribution >= 4 is 20.5 Å². The third-order valence-electron chi connectivity index (χ3n) is 1.89. The fraction of sp³-hybridized carbons (Fsp3) is 1.00. The van der Waals surface area contributed by atoms with Crippen molar-refractivity contribution < 1.29 is 0 Å². The van der Waals surface area contributed by atoms with E-state index in [-0.39, 0.29) is 0 Å². The Balaban J connectivity index is 4.35. The molecular formula is C8H23NSi2. The lowest BCUT2D eigenvalue weighted by Crippen LogP contribution is -2.54. The van der Waals surface area contributed by atoms with Gasteiger partial charge in [0.05, 0.1) is 0 Å². The highest BCUT2D eigenvalue weighted by molar-refractivity contribution is 6.39. The summed E-state index contributed by atoms with van der Waals surface area (Å²) in [6.45, 7) is 11.6. The summed E-state index contributed by atoms with van der Waals surface area (Å²) in [6, 6.07) is 1.41. The summed E-state index contributed by atoms with van der Waals surface area (Å²) in [7, 11) is 2.59. The first-order valence-electron chi connectivity index (χ1n) is 4.55. The van der Waals surface area contributed by atoms with Gasteiger partial charge in [0, 0.05) is 32.6 Å². The van der Waals surface area contributed by atoms with Gasteiger partial charge in [0.1, 0.15) is 0 Å². The minimum absolute atomic E-state index is 0.572. The first-order chi connectivity index (χ1) is 4.76. The molecule has 11 heavy (non-hydrogen) atoms. The molecule has 0 atom stereocenters. The lowest BCUT2D eigenvalue weighted by atomic mass is 10.2. The van der Waals surface area contributed by atoms with E-state index in [1.807, 2.05) is 0 Å². The van der Waals surface area contributed by atoms with Crippen LogP contribution in [0.5, 0.6) is 0 Å². The second-order valence-electron chi connectivity index (χ2n) is 4.77. The maximum Gasteiger partial charge on any atom is 0.0231 e. The topological polar surface area (TPSA) is 3.24 Å². The summed E-state index contributed by atoms with van der Waals surface area (Å²) < 4.78 is 0. The normalized spacial score (nSPS) is 18.5. The molecule has 0 radical (unpaired) electrons. The summed E-state index contributed by atoms with van der Waals surface area (Å²) >= 11 is 0. The molecule has 0 aliphatic carbocycles. The highest BCUT2D eigenvalue weighted by atomic mass is 28.2. The number of hydrogen-bond donors (Lipinski definition) is 0. The lowest BCUT2D eigenvalue weighted by molar-refractivity contribution is 0.142. The lowest BCUT2D eigenvalue weighted by Gasteiger charge is -2.42. The molecule has 0 spiro atoms. The van der Waals surface area contributed by atoms with E-state index in [1.54, 1.807) is 0 Å². The Bertz CT molecular complexity index is 108. The molecule has 3 heteroatoms. The quantitative estimate of drug-likeness (QED) is 0.542. The van der Waals surface area contributed by atoms with Crippen molar-refractivity contribution in [2.24, 2.45) is 0 Å². The van der Waals surface area contributed by atoms with Crippen LogP contribution in [-0.4, -0.2) is 42.3 Å². The Morgan fingerprint density at radius 1 is 1.00 bits per heavy atom. The molecule has 0 aromatic heterocycles. The number of nitrogens with zero attached hydrogens (tertiary/aromatic N) is 1. The minimum Gasteiger partial charge on any atom is -0.300 e. The zero-order chi connectivity index (χ0) is 9.23. The Morgan fingerprint density at radius 2 is 1.27 bits per heavy atom. The van der Waals surface area contributed by atoms with E-state index in [0.717, 1.165) is 0 Å². The standard InChI is InChI=1S/C8H23NSi2/c1-6(2)9(7(3)4)8(5,10)11/h6-7H,1-5,10-11H3. The zero-order valence-corrected chi connectivity index (χ0v) is 13.1. The second kappa shape index (κ2) is 3.87. The van der Waals surface area contributed by atoms with E-state index in [0.29, 0.717) is 16.9 Å². The molecule has 0 aliphatic rings. The molecule has 0 bridgehead atoms. The van der Waals surface area contributed by atoms with Gasteiger partial charge in [-0.05, 0) is 32.5 Å². The zero-order valence-electron chi connectivity index (χ0n) is 9.10. The van der Waals surface area contributed by atoms with Crippen LogP contribution in [-0.2, 0) is 0 Å². The van der Waals surface area contributed by atoms with Crippen molar-refractivity contribution in [2.75, 3.05) is 0 Å². The predicted octanol–water partition coefficient (Wildman–Crippen LogP) is -0.490. The Kier molecular flexibility index (Phi) is 4.01. The monoisotopic (exact) mass is 189 g/mol. The van der Waals surface area contributed by atoms with Crippen molar-refractivity contribution in [1.82, 2.24) is 4.90 Å². The molecule has 0 N–H and O–H groups in total. The molecular weight excluding hydrogens is 166 g/mol. The van der Waals surface area contributed by atoms with Crippen molar-refractivity contribution in [2.45, 2.75) is 51.5 Å². The van der Waals surface area contributed by atoms with Gasteiger partial charge in [-0.2, -0.15) is 0 Å². The SMILES string of the molecule is CC(C)N(C(C)C)C(C)([SiH3])[SiH3]. The number of hydrogen-bond acceptors (Lipinski definition) is 1. The van der Waals surface area contributed by atoms with Crippen molar-refractivity contribution in [3.8, 4) is 0 Å². The van der Waals surface area contributed by atoms with Crippen molar-refractivity contribution in [3.63, 3.8) is 0 Å². The summed E-state index contributed by atoms with van der Waals surface area (Å²) in [5, 5.41) is 0. The second-order valence-corrected chi connectivity index (χ2v) is 11.7. The molecule has 0 saturated carbocycles. The smallest absolute Gasteiger partial charge is 0.0231 e. The molecule has 0 rings (SSSR count). The van der Waals surface area contributed by atoms with Gasteiger partial charge in [0.25, 0.3) is 0 Å². The Labute approximate surface area is 77.4 Å². The van der Waals surface area contributed by atoms with Crippen molar-refractivity contribution in [1.29, 1.82) is 0 Å². The largest absolute Gasteiger partial charge is 0.300 e. The molecule has 68 valence electrons. The highest BCUT2D eigenvalue weighted by Crippen LogP contribution is 2.14. The van der Waals surface area contributed by atoms with E-state index in [2.05, 4.69) is 39.5 Å². The maximum atomic E-state index is 2.64. The van der Waals surface area contributed by atoms with Crippen LogP contribution in [0.1, 0.15) is 34.6 Å². The van der Waals surface area contributed by atoms with Gasteiger partial charge in [-0.25, -0.2) is 0 Å². The molecule has 1 nitrogen and oxygen atoms in total. The van der Waals surface area contributed by atoms with Crippen LogP contribution in [0.2, 0.25) is 0 Å². The highest BCUT2D eigenvalue weighted by Gasteiger charge is 2.25. The molecule has 0 heterocycles. The van der Waals surface area contributed by atoms with E-state index in [9.17, 15) is 0 Å². The first kappa shape index (κ1) is 11.4. The van der Waals surface area contributed by atoms with Crippen LogP contribution >= 0.6 is 0 Å². The van der Waals surface area contributed by atoms with Crippen LogP contribution in [0.4, 0.5) is 0 Å². The first-order valence-corrected chi connectivity index (χ1v) is 6.55. The predicted molar refractivity (Wildman–Crippen MR) is 60.4 cm³/mol. The van der Waals surface area contributed by atoms with Gasteiger partial charge >= 0.3 is 0 Å². The molecule has 0 unspecified atom stereocenters. The third kappa shape index (κ3) is 3.53. The van der Waals surface area contributed by atoms with Gasteiger partial charge in [-0.15, -0.1) is 0 Å². The third-order valence-corrected chi connectivity index (χ3v) is 2.92. The van der Waals surface area contributed by atoms with Gasteiger partial charge < -0.3 is 4.90 Å².